The molecule has 2 saturated carbocycles. The molecule has 3 heterocycles. The molecule has 2 aromatic rings. The summed E-state index contributed by atoms with van der Waals surface area (Å²) in [6, 6.07) is 5.02. The van der Waals surface area contributed by atoms with Gasteiger partial charge in [-0.1, -0.05) is 19.8 Å². The van der Waals surface area contributed by atoms with E-state index in [4.69, 9.17) is 14.5 Å². The van der Waals surface area contributed by atoms with Gasteiger partial charge in [-0.3, -0.25) is 9.59 Å². The Kier molecular flexibility index (Phi) is 9.00. The smallest absolute Gasteiger partial charge is 0.410 e. The van der Waals surface area contributed by atoms with Crippen molar-refractivity contribution in [3.05, 3.63) is 30.0 Å². The molecular weight excluding hydrogens is 574 g/mol. The van der Waals surface area contributed by atoms with Crippen molar-refractivity contribution in [2.45, 2.75) is 108 Å². The normalized spacial score (nSPS) is 23.8. The summed E-state index contributed by atoms with van der Waals surface area (Å²) >= 11 is 0. The van der Waals surface area contributed by atoms with E-state index < -0.39 is 0 Å². The zero-order valence-corrected chi connectivity index (χ0v) is 26.8. The summed E-state index contributed by atoms with van der Waals surface area (Å²) in [5.74, 6) is 1.45. The van der Waals surface area contributed by atoms with Crippen LogP contribution in [0.25, 0.3) is 0 Å². The number of nitrogens with one attached hydrogen (secondary N) is 2. The number of amides is 3. The molecule has 0 bridgehead atoms. The summed E-state index contributed by atoms with van der Waals surface area (Å²) in [5, 5.41) is 6.35. The molecule has 45 heavy (non-hydrogen) atoms. The quantitative estimate of drug-likeness (QED) is 0.419. The first-order chi connectivity index (χ1) is 21.8. The Morgan fingerprint density at radius 3 is 2.53 bits per heavy atom. The van der Waals surface area contributed by atoms with E-state index in [0.717, 1.165) is 57.2 Å². The van der Waals surface area contributed by atoms with Crippen LogP contribution < -0.4 is 25.2 Å². The van der Waals surface area contributed by atoms with Crippen molar-refractivity contribution in [3.63, 3.8) is 0 Å². The summed E-state index contributed by atoms with van der Waals surface area (Å²) in [4.78, 5) is 54.2. The Labute approximate surface area is 264 Å². The fraction of sp³-hybridized carbons (Fsp3) is 0.606. The first kappa shape index (κ1) is 30.9. The number of hydrogen-bond acceptors (Lipinski definition) is 9. The second-order valence-corrected chi connectivity index (χ2v) is 12.8. The number of rotatable bonds is 8. The lowest BCUT2D eigenvalue weighted by atomic mass is 10.0. The average molecular weight is 620 g/mol. The molecular formula is C33H45N7O5. The van der Waals surface area contributed by atoms with Gasteiger partial charge in [-0.2, -0.15) is 4.98 Å². The highest BCUT2D eigenvalue weighted by atomic mass is 16.6. The number of likely N-dealkylation sites (tertiary alicyclic amines) is 1. The van der Waals surface area contributed by atoms with Crippen LogP contribution in [0.3, 0.4) is 0 Å². The van der Waals surface area contributed by atoms with Gasteiger partial charge < -0.3 is 34.8 Å². The number of methoxy groups -OCH3 is 1. The molecule has 242 valence electrons. The number of anilines is 4. The molecule has 6 rings (SSSR count). The Hall–Kier alpha value is -4.09. The van der Waals surface area contributed by atoms with Gasteiger partial charge >= 0.3 is 6.09 Å². The largest absolute Gasteiger partial charge is 0.495 e. The van der Waals surface area contributed by atoms with Crippen LogP contribution in [0, 0.1) is 0 Å². The Morgan fingerprint density at radius 2 is 1.82 bits per heavy atom. The minimum absolute atomic E-state index is 0.00895. The molecule has 1 saturated heterocycles. The van der Waals surface area contributed by atoms with Crippen LogP contribution in [0.1, 0.15) is 88.4 Å². The predicted octanol–water partition coefficient (Wildman–Crippen LogP) is 5.00. The van der Waals surface area contributed by atoms with Gasteiger partial charge in [0.15, 0.2) is 5.82 Å². The summed E-state index contributed by atoms with van der Waals surface area (Å²) in [7, 11) is 3.33. The number of carbonyl (C=O) groups is 3. The van der Waals surface area contributed by atoms with Crippen molar-refractivity contribution in [1.82, 2.24) is 20.2 Å². The third-order valence-corrected chi connectivity index (χ3v) is 9.84. The van der Waals surface area contributed by atoms with Crippen molar-refractivity contribution in [1.29, 1.82) is 0 Å². The van der Waals surface area contributed by atoms with Crippen LogP contribution in [0.5, 0.6) is 5.75 Å². The molecule has 3 fully saturated rings. The summed E-state index contributed by atoms with van der Waals surface area (Å²) in [6.07, 6.45) is 11.2. The lowest BCUT2D eigenvalue weighted by molar-refractivity contribution is -0.120. The van der Waals surface area contributed by atoms with E-state index in [9.17, 15) is 14.4 Å². The van der Waals surface area contributed by atoms with Gasteiger partial charge in [0.25, 0.3) is 5.91 Å². The van der Waals surface area contributed by atoms with E-state index in [1.165, 1.54) is 0 Å². The number of benzene rings is 1. The molecule has 2 N–H and O–H groups in total. The van der Waals surface area contributed by atoms with Crippen molar-refractivity contribution >= 4 is 41.0 Å². The van der Waals surface area contributed by atoms with E-state index in [1.807, 2.05) is 13.8 Å². The second-order valence-electron chi connectivity index (χ2n) is 12.8. The van der Waals surface area contributed by atoms with Crippen molar-refractivity contribution in [2.24, 2.45) is 0 Å². The minimum atomic E-state index is -0.289. The standard InChI is InChI=1S/C33H45N7O5/c1-5-26-31(42)38(3)27-18-34-32(37-29(27)40(26)23-10-6-7-11-23)36-25-15-14-21(17-28(25)44-4)30(41)35-22-16-20(2)39(19-22)33(43)45-24-12-8-9-13-24/h14-15,17-18,20,22-24,26H,5-13,16,19H2,1-4H3,(H,35,41)(H,34,36,37)/t20-,22+,26-/m1/s1. The SMILES string of the molecule is CC[C@@H]1C(=O)N(C)c2cnc(Nc3ccc(C(=O)N[C@H]4C[C@@H](C)N(C(=O)OC5CCCC5)C4)cc3OC)nc2N1C1CCCC1. The highest BCUT2D eigenvalue weighted by Gasteiger charge is 2.41. The fourth-order valence-electron chi connectivity index (χ4n) is 7.37. The van der Waals surface area contributed by atoms with Crippen LogP contribution in [-0.2, 0) is 9.53 Å². The Bertz CT molecular complexity index is 1420. The van der Waals surface area contributed by atoms with Crippen molar-refractivity contribution in [3.8, 4) is 5.75 Å². The van der Waals surface area contributed by atoms with Crippen LogP contribution in [-0.4, -0.2) is 83.7 Å². The summed E-state index contributed by atoms with van der Waals surface area (Å²) < 4.78 is 11.4. The second kappa shape index (κ2) is 13.1. The maximum atomic E-state index is 13.3. The summed E-state index contributed by atoms with van der Waals surface area (Å²) in [6.45, 7) is 4.45. The van der Waals surface area contributed by atoms with Crippen molar-refractivity contribution < 1.29 is 23.9 Å². The average Bonchev–Trinajstić information content (AvgIpc) is 3.82. The third-order valence-electron chi connectivity index (χ3n) is 9.84. The Balaban J connectivity index is 1.15. The third kappa shape index (κ3) is 6.24. The first-order valence-corrected chi connectivity index (χ1v) is 16.4. The fourth-order valence-corrected chi connectivity index (χ4v) is 7.37. The molecule has 0 spiro atoms. The van der Waals surface area contributed by atoms with E-state index in [2.05, 4.69) is 20.5 Å². The number of carbonyl (C=O) groups excluding carboxylic acids is 3. The molecule has 3 atom stereocenters. The van der Waals surface area contributed by atoms with Gasteiger partial charge in [-0.15, -0.1) is 0 Å². The number of fused-ring (bicyclic) bond motifs is 1. The molecule has 0 unspecified atom stereocenters. The molecule has 2 aliphatic carbocycles. The monoisotopic (exact) mass is 619 g/mol. The zero-order valence-electron chi connectivity index (χ0n) is 26.8. The molecule has 4 aliphatic rings. The highest BCUT2D eigenvalue weighted by Crippen LogP contribution is 2.40. The molecule has 3 amide bonds. The highest BCUT2D eigenvalue weighted by molar-refractivity contribution is 6.04. The topological polar surface area (TPSA) is 129 Å². The summed E-state index contributed by atoms with van der Waals surface area (Å²) in [5.41, 5.74) is 1.76. The van der Waals surface area contributed by atoms with Crippen LogP contribution >= 0.6 is 0 Å². The van der Waals surface area contributed by atoms with E-state index >= 15 is 0 Å². The van der Waals surface area contributed by atoms with Gasteiger partial charge in [0.05, 0.1) is 19.0 Å². The van der Waals surface area contributed by atoms with Gasteiger partial charge in [0.1, 0.15) is 23.6 Å². The van der Waals surface area contributed by atoms with E-state index in [-0.39, 0.29) is 48.2 Å². The lowest BCUT2D eigenvalue weighted by Crippen LogP contribution is -2.55. The maximum absolute atomic E-state index is 13.3. The van der Waals surface area contributed by atoms with Crippen LogP contribution in [0.4, 0.5) is 27.9 Å². The number of ether oxygens (including phenoxy) is 2. The molecule has 1 aromatic carbocycles. The predicted molar refractivity (Wildman–Crippen MR) is 171 cm³/mol. The zero-order chi connectivity index (χ0) is 31.7. The van der Waals surface area contributed by atoms with Crippen LogP contribution in [0.15, 0.2) is 24.4 Å². The van der Waals surface area contributed by atoms with E-state index in [0.29, 0.717) is 48.0 Å². The first-order valence-electron chi connectivity index (χ1n) is 16.4. The van der Waals surface area contributed by atoms with E-state index in [1.54, 1.807) is 48.4 Å². The number of nitrogens with zero attached hydrogens (tertiary/aromatic N) is 5. The molecule has 2 aliphatic heterocycles. The van der Waals surface area contributed by atoms with Gasteiger partial charge in [-0.05, 0) is 76.5 Å². The van der Waals surface area contributed by atoms with Gasteiger partial charge in [0, 0.05) is 37.3 Å². The molecule has 0 radical (unpaired) electrons. The number of hydrogen-bond donors (Lipinski definition) is 2. The van der Waals surface area contributed by atoms with Crippen LogP contribution in [0.2, 0.25) is 0 Å². The molecule has 1 aromatic heterocycles. The number of likely N-dealkylation sites (N-methyl/N-ethyl adjacent to an activating group) is 1. The number of aromatic nitrogens is 2. The minimum Gasteiger partial charge on any atom is -0.495 e. The maximum Gasteiger partial charge on any atom is 0.410 e. The Morgan fingerprint density at radius 1 is 1.09 bits per heavy atom. The molecule has 12 nitrogen and oxygen atoms in total. The van der Waals surface area contributed by atoms with Crippen molar-refractivity contribution in [2.75, 3.05) is 35.8 Å². The molecule has 12 heteroatoms. The lowest BCUT2D eigenvalue weighted by Gasteiger charge is -2.43. The van der Waals surface area contributed by atoms with Gasteiger partial charge in [-0.25, -0.2) is 9.78 Å². The van der Waals surface area contributed by atoms with Gasteiger partial charge in [0.2, 0.25) is 11.9 Å².